The summed E-state index contributed by atoms with van der Waals surface area (Å²) in [5, 5.41) is 10.2. The SMILES string of the molecule is [2H]C([2H])([2H])c1nc2c(C(N)=O)c(N)n(C3=C(C)C(O)=CC[C@H]3C)c2nc1C. The van der Waals surface area contributed by atoms with Gasteiger partial charge in [0.15, 0.2) is 5.65 Å². The zero-order chi connectivity index (χ0) is 20.3. The molecule has 0 aliphatic heterocycles. The van der Waals surface area contributed by atoms with Crippen LogP contribution in [0.25, 0.3) is 16.9 Å². The molecule has 1 aliphatic rings. The molecule has 2 aromatic rings. The second-order valence-corrected chi connectivity index (χ2v) is 6.03. The van der Waals surface area contributed by atoms with Crippen LogP contribution in [0.15, 0.2) is 17.4 Å². The summed E-state index contributed by atoms with van der Waals surface area (Å²) in [6, 6.07) is 0. The minimum Gasteiger partial charge on any atom is -0.508 e. The molecule has 0 aromatic carbocycles. The highest BCUT2D eigenvalue weighted by Gasteiger charge is 2.28. The second kappa shape index (κ2) is 5.36. The van der Waals surface area contributed by atoms with Gasteiger partial charge < -0.3 is 16.6 Å². The number of primary amides is 1. The van der Waals surface area contributed by atoms with Gasteiger partial charge in [-0.1, -0.05) is 6.92 Å². The van der Waals surface area contributed by atoms with E-state index in [4.69, 9.17) is 15.6 Å². The number of carbonyl (C=O) groups excluding carboxylic acids is 1. The van der Waals surface area contributed by atoms with Crippen molar-refractivity contribution >= 4 is 28.6 Å². The first-order valence-electron chi connectivity index (χ1n) is 9.04. The summed E-state index contributed by atoms with van der Waals surface area (Å²) in [6.07, 6.45) is 2.29. The molecule has 1 atom stereocenters. The van der Waals surface area contributed by atoms with Crippen molar-refractivity contribution in [3.63, 3.8) is 0 Å². The maximum absolute atomic E-state index is 12.0. The quantitative estimate of drug-likeness (QED) is 0.781. The lowest BCUT2D eigenvalue weighted by Crippen LogP contribution is -2.17. The summed E-state index contributed by atoms with van der Waals surface area (Å²) >= 11 is 0. The van der Waals surface area contributed by atoms with Crippen molar-refractivity contribution in [2.24, 2.45) is 11.7 Å². The van der Waals surface area contributed by atoms with E-state index >= 15 is 0 Å². The van der Waals surface area contributed by atoms with Crippen molar-refractivity contribution in [2.45, 2.75) is 34.0 Å². The predicted octanol–water partition coefficient (Wildman–Crippen LogP) is 2.44. The highest BCUT2D eigenvalue weighted by atomic mass is 16.3. The number of aliphatic hydroxyl groups excluding tert-OH is 1. The van der Waals surface area contributed by atoms with Crippen LogP contribution in [0.5, 0.6) is 0 Å². The maximum Gasteiger partial charge on any atom is 0.254 e. The van der Waals surface area contributed by atoms with E-state index in [1.807, 2.05) is 6.92 Å². The van der Waals surface area contributed by atoms with Gasteiger partial charge in [-0.15, -0.1) is 0 Å². The van der Waals surface area contributed by atoms with Crippen LogP contribution < -0.4 is 11.5 Å². The van der Waals surface area contributed by atoms with E-state index in [-0.39, 0.29) is 45.6 Å². The Morgan fingerprint density at radius 3 is 2.75 bits per heavy atom. The molecular weight excluding hydrogens is 306 g/mol. The Bertz CT molecular complexity index is 1030. The minimum absolute atomic E-state index is 0.0236. The molecule has 126 valence electrons. The lowest BCUT2D eigenvalue weighted by atomic mass is 9.93. The Labute approximate surface area is 143 Å². The van der Waals surface area contributed by atoms with E-state index in [2.05, 4.69) is 9.97 Å². The Morgan fingerprint density at radius 2 is 2.12 bits per heavy atom. The zero-order valence-electron chi connectivity index (χ0n) is 16.7. The number of aryl methyl sites for hydroxylation is 2. The van der Waals surface area contributed by atoms with Gasteiger partial charge in [0, 0.05) is 21.3 Å². The molecule has 1 aliphatic carbocycles. The average molecular weight is 330 g/mol. The number of nitrogen functional groups attached to an aromatic ring is 1. The normalized spacial score (nSPS) is 20.5. The summed E-state index contributed by atoms with van der Waals surface area (Å²) in [5.74, 6) is -0.708. The second-order valence-electron chi connectivity index (χ2n) is 6.03. The first-order chi connectivity index (χ1) is 12.4. The van der Waals surface area contributed by atoms with E-state index in [1.165, 1.54) is 6.92 Å². The van der Waals surface area contributed by atoms with Gasteiger partial charge in [0.25, 0.3) is 5.91 Å². The van der Waals surface area contributed by atoms with Crippen LogP contribution in [-0.2, 0) is 0 Å². The van der Waals surface area contributed by atoms with Crippen LogP contribution in [0.4, 0.5) is 5.82 Å². The summed E-state index contributed by atoms with van der Waals surface area (Å²) < 4.78 is 24.5. The summed E-state index contributed by atoms with van der Waals surface area (Å²) in [7, 11) is 0. The van der Waals surface area contributed by atoms with Crippen molar-refractivity contribution in [1.29, 1.82) is 0 Å². The number of nitrogens with zero attached hydrogens (tertiary/aromatic N) is 3. The fraction of sp³-hybridized carbons (Fsp3) is 0.353. The third kappa shape index (κ3) is 2.16. The molecule has 24 heavy (non-hydrogen) atoms. The zero-order valence-corrected chi connectivity index (χ0v) is 13.7. The van der Waals surface area contributed by atoms with Gasteiger partial charge in [-0.25, -0.2) is 9.97 Å². The van der Waals surface area contributed by atoms with Crippen LogP contribution in [0.2, 0.25) is 0 Å². The molecule has 1 amide bonds. The molecule has 0 unspecified atom stereocenters. The molecule has 0 saturated heterocycles. The largest absolute Gasteiger partial charge is 0.508 e. The number of nitrogens with two attached hydrogens (primary N) is 2. The van der Waals surface area contributed by atoms with E-state index in [0.29, 0.717) is 17.7 Å². The van der Waals surface area contributed by atoms with Gasteiger partial charge >= 0.3 is 0 Å². The number of aromatic nitrogens is 3. The van der Waals surface area contributed by atoms with Gasteiger partial charge in [-0.05, 0) is 33.2 Å². The van der Waals surface area contributed by atoms with E-state index in [9.17, 15) is 9.90 Å². The number of aliphatic hydroxyl groups is 1. The molecular formula is C17H21N5O2. The minimum atomic E-state index is -2.49. The lowest BCUT2D eigenvalue weighted by molar-refractivity contribution is 0.100. The van der Waals surface area contributed by atoms with Crippen molar-refractivity contribution in [3.05, 3.63) is 34.4 Å². The van der Waals surface area contributed by atoms with E-state index in [0.717, 1.165) is 0 Å². The van der Waals surface area contributed by atoms with Crippen LogP contribution in [-0.4, -0.2) is 25.5 Å². The standard InChI is InChI=1S/C17H21N5O2/c1-7-5-6-11(23)8(2)14(7)22-15(18)12(16(19)24)13-17(22)21-10(4)9(3)20-13/h6-7,23H,5,18H2,1-4H3,(H2,19,24)/t7-/m1/s1/i3D3. The number of hydrogen-bond acceptors (Lipinski definition) is 5. The third-order valence-electron chi connectivity index (χ3n) is 4.38. The summed E-state index contributed by atoms with van der Waals surface area (Å²) in [4.78, 5) is 20.6. The topological polar surface area (TPSA) is 120 Å². The molecule has 7 heteroatoms. The van der Waals surface area contributed by atoms with Gasteiger partial charge in [-0.3, -0.25) is 9.36 Å². The number of allylic oxidation sites excluding steroid dienone is 3. The van der Waals surface area contributed by atoms with Crippen molar-refractivity contribution < 1.29 is 14.0 Å². The molecule has 2 heterocycles. The Kier molecular flexibility index (Phi) is 2.81. The van der Waals surface area contributed by atoms with Gasteiger partial charge in [-0.2, -0.15) is 0 Å². The van der Waals surface area contributed by atoms with Crippen LogP contribution in [0.1, 0.15) is 46.1 Å². The molecule has 0 spiro atoms. The molecule has 0 fully saturated rings. The highest BCUT2D eigenvalue weighted by molar-refractivity contribution is 6.10. The first kappa shape index (κ1) is 12.6. The van der Waals surface area contributed by atoms with Gasteiger partial charge in [0.05, 0.1) is 11.4 Å². The van der Waals surface area contributed by atoms with Crippen LogP contribution in [0, 0.1) is 19.7 Å². The number of fused-ring (bicyclic) bond motifs is 1. The smallest absolute Gasteiger partial charge is 0.254 e. The number of carbonyl (C=O) groups is 1. The number of anilines is 1. The Morgan fingerprint density at radius 1 is 1.42 bits per heavy atom. The fourth-order valence-corrected chi connectivity index (χ4v) is 3.11. The molecule has 7 nitrogen and oxygen atoms in total. The monoisotopic (exact) mass is 330 g/mol. The molecule has 0 radical (unpaired) electrons. The molecule has 0 saturated carbocycles. The fourth-order valence-electron chi connectivity index (χ4n) is 3.11. The van der Waals surface area contributed by atoms with Gasteiger partial charge in [0.2, 0.25) is 0 Å². The van der Waals surface area contributed by atoms with Crippen molar-refractivity contribution in [1.82, 2.24) is 14.5 Å². The average Bonchev–Trinajstić information content (AvgIpc) is 2.82. The number of hydrogen-bond donors (Lipinski definition) is 3. The molecule has 0 bridgehead atoms. The Balaban J connectivity index is 2.47. The van der Waals surface area contributed by atoms with Crippen molar-refractivity contribution in [2.75, 3.05) is 5.73 Å². The summed E-state index contributed by atoms with van der Waals surface area (Å²) in [6.45, 7) is 2.73. The highest BCUT2D eigenvalue weighted by Crippen LogP contribution is 2.38. The van der Waals surface area contributed by atoms with Crippen LogP contribution >= 0.6 is 0 Å². The van der Waals surface area contributed by atoms with Crippen LogP contribution in [0.3, 0.4) is 0 Å². The maximum atomic E-state index is 12.0. The molecule has 3 rings (SSSR count). The van der Waals surface area contributed by atoms with E-state index < -0.39 is 12.8 Å². The first-order valence-corrected chi connectivity index (χ1v) is 7.54. The lowest BCUT2D eigenvalue weighted by Gasteiger charge is -2.24. The molecule has 2 aromatic heterocycles. The summed E-state index contributed by atoms with van der Waals surface area (Å²) in [5.41, 5.74) is 13.2. The van der Waals surface area contributed by atoms with Gasteiger partial charge in [0.1, 0.15) is 22.7 Å². The third-order valence-corrected chi connectivity index (χ3v) is 4.38. The Hall–Kier alpha value is -2.83. The number of amides is 1. The van der Waals surface area contributed by atoms with E-state index in [1.54, 1.807) is 17.6 Å². The molecule has 5 N–H and O–H groups in total. The number of rotatable bonds is 2. The predicted molar refractivity (Wildman–Crippen MR) is 93.3 cm³/mol. The van der Waals surface area contributed by atoms with Crippen molar-refractivity contribution in [3.8, 4) is 0 Å².